The Balaban J connectivity index is 1.57. The monoisotopic (exact) mass is 442 g/mol. The van der Waals surface area contributed by atoms with E-state index in [1.165, 1.54) is 0 Å². The van der Waals surface area contributed by atoms with Gasteiger partial charge in [0.25, 0.3) is 0 Å². The van der Waals surface area contributed by atoms with Crippen molar-refractivity contribution >= 4 is 34.7 Å². The molecule has 1 saturated heterocycles. The highest BCUT2D eigenvalue weighted by Crippen LogP contribution is 2.39. The SMILES string of the molecule is CN1CCN(C2=Nc3cc(Cl)ccc3Oc3c2nnn3Cc2ccc(Cl)cc2)CC1. The molecule has 0 radical (unpaired) electrons. The van der Waals surface area contributed by atoms with E-state index in [1.54, 1.807) is 10.7 Å². The number of hydrogen-bond donors (Lipinski definition) is 0. The molecule has 9 heteroatoms. The average Bonchev–Trinajstić information content (AvgIpc) is 3.04. The molecular weight excluding hydrogens is 423 g/mol. The highest BCUT2D eigenvalue weighted by molar-refractivity contribution is 6.31. The van der Waals surface area contributed by atoms with Crippen molar-refractivity contribution in [2.45, 2.75) is 6.54 Å². The summed E-state index contributed by atoms with van der Waals surface area (Å²) in [4.78, 5) is 9.44. The summed E-state index contributed by atoms with van der Waals surface area (Å²) in [5, 5.41) is 10.1. The predicted octanol–water partition coefficient (Wildman–Crippen LogP) is 4.06. The lowest BCUT2D eigenvalue weighted by Crippen LogP contribution is -2.47. The lowest BCUT2D eigenvalue weighted by Gasteiger charge is -2.33. The van der Waals surface area contributed by atoms with Gasteiger partial charge < -0.3 is 14.5 Å². The summed E-state index contributed by atoms with van der Waals surface area (Å²) >= 11 is 12.2. The molecule has 3 heterocycles. The van der Waals surface area contributed by atoms with Crippen molar-refractivity contribution in [3.63, 3.8) is 0 Å². The van der Waals surface area contributed by atoms with Crippen LogP contribution in [-0.2, 0) is 6.54 Å². The van der Waals surface area contributed by atoms with Gasteiger partial charge in [-0.05, 0) is 42.9 Å². The zero-order chi connectivity index (χ0) is 20.7. The number of fused-ring (bicyclic) bond motifs is 2. The number of hydrogen-bond acceptors (Lipinski definition) is 6. The summed E-state index contributed by atoms with van der Waals surface area (Å²) < 4.78 is 8.03. The number of piperazine rings is 1. The molecule has 0 aliphatic carbocycles. The average molecular weight is 443 g/mol. The Bertz CT molecular complexity index is 1100. The fourth-order valence-corrected chi connectivity index (χ4v) is 3.88. The lowest BCUT2D eigenvalue weighted by atomic mass is 10.2. The Morgan fingerprint density at radius 3 is 2.47 bits per heavy atom. The van der Waals surface area contributed by atoms with Crippen molar-refractivity contribution < 1.29 is 4.74 Å². The van der Waals surface area contributed by atoms with Crippen LogP contribution in [0.3, 0.4) is 0 Å². The number of ether oxygens (including phenoxy) is 1. The first-order valence-corrected chi connectivity index (χ1v) is 10.5. The molecule has 0 saturated carbocycles. The summed E-state index contributed by atoms with van der Waals surface area (Å²) in [7, 11) is 2.12. The molecule has 1 aromatic heterocycles. The number of nitrogens with zero attached hydrogens (tertiary/aromatic N) is 6. The van der Waals surface area contributed by atoms with Crippen LogP contribution in [0.4, 0.5) is 5.69 Å². The molecule has 2 aromatic carbocycles. The second kappa shape index (κ2) is 7.91. The molecule has 0 atom stereocenters. The summed E-state index contributed by atoms with van der Waals surface area (Å²) in [6.07, 6.45) is 0. The number of aromatic nitrogens is 3. The van der Waals surface area contributed by atoms with E-state index in [0.29, 0.717) is 39.6 Å². The summed E-state index contributed by atoms with van der Waals surface area (Å²) in [5.74, 6) is 1.97. The first kappa shape index (κ1) is 19.4. The van der Waals surface area contributed by atoms with Gasteiger partial charge in [-0.3, -0.25) is 0 Å². The highest BCUT2D eigenvalue weighted by atomic mass is 35.5. The van der Waals surface area contributed by atoms with Gasteiger partial charge in [0.2, 0.25) is 5.88 Å². The van der Waals surface area contributed by atoms with E-state index in [0.717, 1.165) is 37.6 Å². The molecule has 2 aliphatic heterocycles. The third kappa shape index (κ3) is 3.76. The van der Waals surface area contributed by atoms with Gasteiger partial charge in [0.15, 0.2) is 17.3 Å². The molecule has 2 aliphatic rings. The maximum absolute atomic E-state index is 6.27. The van der Waals surface area contributed by atoms with E-state index in [4.69, 9.17) is 32.9 Å². The fraction of sp³-hybridized carbons (Fsp3) is 0.286. The molecule has 0 unspecified atom stereocenters. The standard InChI is InChI=1S/C21H20Cl2N6O/c1-27-8-10-28(11-9-27)20-19-21(30-18-7-6-16(23)12-17(18)24-20)29(26-25-19)13-14-2-4-15(22)5-3-14/h2-7,12H,8-11,13H2,1H3. The number of amidine groups is 1. The van der Waals surface area contributed by atoms with Crippen LogP contribution in [0, 0.1) is 0 Å². The predicted molar refractivity (Wildman–Crippen MR) is 117 cm³/mol. The Labute approximate surface area is 184 Å². The van der Waals surface area contributed by atoms with Crippen LogP contribution in [0.2, 0.25) is 10.0 Å². The van der Waals surface area contributed by atoms with Gasteiger partial charge in [0, 0.05) is 36.2 Å². The summed E-state index contributed by atoms with van der Waals surface area (Å²) in [6.45, 7) is 4.13. The van der Waals surface area contributed by atoms with Crippen molar-refractivity contribution in [2.75, 3.05) is 33.2 Å². The largest absolute Gasteiger partial charge is 0.435 e. The van der Waals surface area contributed by atoms with Crippen LogP contribution in [-0.4, -0.2) is 63.9 Å². The Morgan fingerprint density at radius 2 is 1.70 bits per heavy atom. The molecule has 0 spiro atoms. The van der Waals surface area contributed by atoms with Crippen molar-refractivity contribution in [2.24, 2.45) is 4.99 Å². The molecule has 30 heavy (non-hydrogen) atoms. The minimum atomic E-state index is 0.512. The number of rotatable bonds is 2. The Hall–Kier alpha value is -2.61. The van der Waals surface area contributed by atoms with Crippen LogP contribution in [0.15, 0.2) is 47.5 Å². The number of aliphatic imine (C=N–C) groups is 1. The molecule has 7 nitrogen and oxygen atoms in total. The summed E-state index contributed by atoms with van der Waals surface area (Å²) in [5.41, 5.74) is 2.38. The maximum Gasteiger partial charge on any atom is 0.250 e. The zero-order valence-corrected chi connectivity index (χ0v) is 17.9. The molecule has 0 bridgehead atoms. The van der Waals surface area contributed by atoms with Crippen LogP contribution < -0.4 is 4.74 Å². The van der Waals surface area contributed by atoms with E-state index >= 15 is 0 Å². The van der Waals surface area contributed by atoms with E-state index in [9.17, 15) is 0 Å². The summed E-state index contributed by atoms with van der Waals surface area (Å²) in [6, 6.07) is 13.1. The molecule has 1 fully saturated rings. The third-order valence-corrected chi connectivity index (χ3v) is 5.79. The lowest BCUT2D eigenvalue weighted by molar-refractivity contribution is 0.215. The molecular formula is C21H20Cl2N6O. The second-order valence-electron chi connectivity index (χ2n) is 7.47. The van der Waals surface area contributed by atoms with Crippen molar-refractivity contribution in [3.05, 3.63) is 63.8 Å². The van der Waals surface area contributed by atoms with Crippen LogP contribution in [0.1, 0.15) is 11.3 Å². The van der Waals surface area contributed by atoms with Crippen LogP contribution in [0.25, 0.3) is 0 Å². The van der Waals surface area contributed by atoms with Gasteiger partial charge in [0.05, 0.1) is 6.54 Å². The smallest absolute Gasteiger partial charge is 0.250 e. The van der Waals surface area contributed by atoms with Crippen molar-refractivity contribution in [3.8, 4) is 11.6 Å². The number of likely N-dealkylation sites (N-methyl/N-ethyl adjacent to an activating group) is 1. The topological polar surface area (TPSA) is 58.8 Å². The third-order valence-electron chi connectivity index (χ3n) is 5.30. The van der Waals surface area contributed by atoms with Gasteiger partial charge in [-0.15, -0.1) is 5.10 Å². The fourth-order valence-electron chi connectivity index (χ4n) is 3.59. The molecule has 3 aromatic rings. The van der Waals surface area contributed by atoms with E-state index in [2.05, 4.69) is 27.2 Å². The molecule has 0 amide bonds. The number of halogens is 2. The van der Waals surface area contributed by atoms with Crippen molar-refractivity contribution in [1.82, 2.24) is 24.8 Å². The van der Waals surface area contributed by atoms with E-state index < -0.39 is 0 Å². The minimum absolute atomic E-state index is 0.512. The Kier molecular flexibility index (Phi) is 5.10. The minimum Gasteiger partial charge on any atom is -0.435 e. The van der Waals surface area contributed by atoms with Gasteiger partial charge in [-0.1, -0.05) is 40.5 Å². The van der Waals surface area contributed by atoms with Gasteiger partial charge in [0.1, 0.15) is 5.69 Å². The van der Waals surface area contributed by atoms with E-state index in [1.807, 2.05) is 36.4 Å². The van der Waals surface area contributed by atoms with Crippen LogP contribution >= 0.6 is 23.2 Å². The highest BCUT2D eigenvalue weighted by Gasteiger charge is 2.30. The first-order valence-electron chi connectivity index (χ1n) is 9.75. The second-order valence-corrected chi connectivity index (χ2v) is 8.34. The van der Waals surface area contributed by atoms with Crippen LogP contribution in [0.5, 0.6) is 11.6 Å². The van der Waals surface area contributed by atoms with E-state index in [-0.39, 0.29) is 0 Å². The van der Waals surface area contributed by atoms with Gasteiger partial charge in [-0.2, -0.15) is 0 Å². The zero-order valence-electron chi connectivity index (χ0n) is 16.4. The maximum atomic E-state index is 6.27. The normalized spacial score (nSPS) is 16.4. The molecule has 154 valence electrons. The Morgan fingerprint density at radius 1 is 0.967 bits per heavy atom. The molecule has 5 rings (SSSR count). The quantitative estimate of drug-likeness (QED) is 0.598. The molecule has 0 N–H and O–H groups in total. The van der Waals surface area contributed by atoms with Gasteiger partial charge >= 0.3 is 0 Å². The first-order chi connectivity index (χ1) is 14.6. The van der Waals surface area contributed by atoms with Gasteiger partial charge in [-0.25, -0.2) is 9.67 Å². The van der Waals surface area contributed by atoms with Crippen molar-refractivity contribution in [1.29, 1.82) is 0 Å². The number of benzene rings is 2.